The van der Waals surface area contributed by atoms with E-state index < -0.39 is 11.9 Å². The van der Waals surface area contributed by atoms with Crippen LogP contribution in [0.1, 0.15) is 11.8 Å². The first-order valence-electron chi connectivity index (χ1n) is 9.94. The number of nitrogens with zero attached hydrogens (tertiary/aromatic N) is 4. The number of anilines is 1. The van der Waals surface area contributed by atoms with Gasteiger partial charge in [0.25, 0.3) is 0 Å². The van der Waals surface area contributed by atoms with Crippen LogP contribution in [0, 0.1) is 0 Å². The molecule has 0 aliphatic heterocycles. The minimum absolute atomic E-state index is 0.0931. The lowest BCUT2D eigenvalue weighted by Gasteiger charge is -2.23. The number of pyridine rings is 1. The third kappa shape index (κ3) is 6.11. The lowest BCUT2D eigenvalue weighted by Crippen LogP contribution is -2.26. The van der Waals surface area contributed by atoms with Crippen molar-refractivity contribution in [2.24, 2.45) is 0 Å². The molecule has 0 fully saturated rings. The van der Waals surface area contributed by atoms with Crippen LogP contribution in [-0.2, 0) is 9.59 Å². The summed E-state index contributed by atoms with van der Waals surface area (Å²) in [5, 5.41) is 19.3. The van der Waals surface area contributed by atoms with Gasteiger partial charge in [-0.05, 0) is 50.5 Å². The molecule has 33 heavy (non-hydrogen) atoms. The average molecular weight is 449 g/mol. The smallest absolute Gasteiger partial charge is 0.414 e. The lowest BCUT2D eigenvalue weighted by molar-refractivity contribution is -0.159. The number of furan rings is 1. The van der Waals surface area contributed by atoms with E-state index >= 15 is 0 Å². The Morgan fingerprint density at radius 3 is 2.39 bits per heavy atom. The standard InChI is InChI=1S/C21H21N5O.C2H2O4/c1-26(2)18(19-10-6-12-27-19)14-23-21-16-8-3-4-9-17(16)24-20(25-21)15-7-5-11-22-13-15;3-1(4)2(5)6/h3-13,18H,14H2,1-2H3,(H,23,24,25);(H,3,4)(H,5,6). The highest BCUT2D eigenvalue weighted by Crippen LogP contribution is 2.26. The zero-order valence-corrected chi connectivity index (χ0v) is 18.0. The molecule has 170 valence electrons. The van der Waals surface area contributed by atoms with Crippen molar-refractivity contribution in [3.05, 3.63) is 72.9 Å². The molecule has 0 bridgehead atoms. The molecule has 0 aliphatic carbocycles. The molecule has 4 aromatic rings. The normalized spacial score (nSPS) is 11.5. The maximum atomic E-state index is 9.10. The van der Waals surface area contributed by atoms with Gasteiger partial charge in [-0.15, -0.1) is 0 Å². The Bertz CT molecular complexity index is 1200. The third-order valence-electron chi connectivity index (χ3n) is 4.66. The molecule has 0 saturated carbocycles. The highest BCUT2D eigenvalue weighted by Gasteiger charge is 2.18. The predicted octanol–water partition coefficient (Wildman–Crippen LogP) is 3.16. The van der Waals surface area contributed by atoms with Crippen molar-refractivity contribution in [2.45, 2.75) is 6.04 Å². The molecule has 4 rings (SSSR count). The number of carboxylic acid groups (broad SMARTS) is 2. The molecule has 0 spiro atoms. The second-order valence-electron chi connectivity index (χ2n) is 7.14. The molecular formula is C23H23N5O5. The molecule has 1 atom stereocenters. The number of aliphatic carboxylic acids is 2. The van der Waals surface area contributed by atoms with Gasteiger partial charge in [0.1, 0.15) is 11.6 Å². The Hall–Kier alpha value is -4.31. The van der Waals surface area contributed by atoms with Crippen LogP contribution in [0.4, 0.5) is 5.82 Å². The molecule has 0 radical (unpaired) electrons. The van der Waals surface area contributed by atoms with E-state index in [1.807, 2.05) is 62.6 Å². The van der Waals surface area contributed by atoms with Gasteiger partial charge in [-0.3, -0.25) is 9.88 Å². The summed E-state index contributed by atoms with van der Waals surface area (Å²) >= 11 is 0. The number of benzene rings is 1. The van der Waals surface area contributed by atoms with Crippen molar-refractivity contribution in [3.8, 4) is 11.4 Å². The predicted molar refractivity (Wildman–Crippen MR) is 122 cm³/mol. The van der Waals surface area contributed by atoms with Crippen molar-refractivity contribution in [1.29, 1.82) is 0 Å². The molecule has 3 aromatic heterocycles. The zero-order valence-electron chi connectivity index (χ0n) is 18.0. The van der Waals surface area contributed by atoms with E-state index in [9.17, 15) is 0 Å². The SMILES string of the molecule is CN(C)C(CNc1nc(-c2cccnc2)nc2ccccc12)c1ccco1.O=C(O)C(=O)O. The average Bonchev–Trinajstić information content (AvgIpc) is 3.34. The summed E-state index contributed by atoms with van der Waals surface area (Å²) in [7, 11) is 4.07. The van der Waals surface area contributed by atoms with Crippen LogP contribution in [-0.4, -0.2) is 62.6 Å². The van der Waals surface area contributed by atoms with E-state index in [0.717, 1.165) is 28.0 Å². The number of likely N-dealkylation sites (N-methyl/N-ethyl adjacent to an activating group) is 1. The molecule has 1 unspecified atom stereocenters. The van der Waals surface area contributed by atoms with Crippen LogP contribution in [0.25, 0.3) is 22.3 Å². The van der Waals surface area contributed by atoms with Crippen LogP contribution in [0.3, 0.4) is 0 Å². The highest BCUT2D eigenvalue weighted by molar-refractivity contribution is 6.27. The van der Waals surface area contributed by atoms with E-state index in [0.29, 0.717) is 12.4 Å². The van der Waals surface area contributed by atoms with Gasteiger partial charge in [-0.25, -0.2) is 19.6 Å². The topological polar surface area (TPSA) is 142 Å². The van der Waals surface area contributed by atoms with Crippen molar-refractivity contribution in [3.63, 3.8) is 0 Å². The van der Waals surface area contributed by atoms with Gasteiger partial charge in [-0.1, -0.05) is 12.1 Å². The highest BCUT2D eigenvalue weighted by atomic mass is 16.4. The molecule has 10 heteroatoms. The minimum Gasteiger partial charge on any atom is -0.473 e. The quantitative estimate of drug-likeness (QED) is 0.376. The summed E-state index contributed by atoms with van der Waals surface area (Å²) in [6, 6.07) is 15.9. The van der Waals surface area contributed by atoms with Crippen LogP contribution in [0.5, 0.6) is 0 Å². The molecule has 0 saturated heterocycles. The summed E-state index contributed by atoms with van der Waals surface area (Å²) in [6.07, 6.45) is 5.22. The maximum Gasteiger partial charge on any atom is 0.414 e. The number of carboxylic acids is 2. The second kappa shape index (κ2) is 10.8. The number of carbonyl (C=O) groups is 2. The Morgan fingerprint density at radius 1 is 1.03 bits per heavy atom. The van der Waals surface area contributed by atoms with E-state index in [4.69, 9.17) is 34.2 Å². The van der Waals surface area contributed by atoms with Gasteiger partial charge in [0.05, 0.1) is 17.8 Å². The van der Waals surface area contributed by atoms with Crippen LogP contribution < -0.4 is 5.32 Å². The Morgan fingerprint density at radius 2 is 1.79 bits per heavy atom. The van der Waals surface area contributed by atoms with Crippen LogP contribution >= 0.6 is 0 Å². The van der Waals surface area contributed by atoms with Gasteiger partial charge in [0, 0.05) is 29.9 Å². The van der Waals surface area contributed by atoms with Crippen LogP contribution in [0.2, 0.25) is 0 Å². The number of hydrogen-bond acceptors (Lipinski definition) is 8. The van der Waals surface area contributed by atoms with E-state index in [-0.39, 0.29) is 6.04 Å². The van der Waals surface area contributed by atoms with Crippen LogP contribution in [0.15, 0.2) is 71.6 Å². The number of nitrogens with one attached hydrogen (secondary N) is 1. The summed E-state index contributed by atoms with van der Waals surface area (Å²) in [5.74, 6) is -1.27. The maximum absolute atomic E-state index is 9.10. The van der Waals surface area contributed by atoms with E-state index in [2.05, 4.69) is 15.2 Å². The van der Waals surface area contributed by atoms with Gasteiger partial charge in [0.2, 0.25) is 0 Å². The van der Waals surface area contributed by atoms with E-state index in [1.165, 1.54) is 0 Å². The molecular weight excluding hydrogens is 426 g/mol. The molecule has 3 heterocycles. The lowest BCUT2D eigenvalue weighted by atomic mass is 10.2. The molecule has 1 aromatic carbocycles. The molecule has 0 amide bonds. The van der Waals surface area contributed by atoms with Gasteiger partial charge in [-0.2, -0.15) is 0 Å². The Labute approximate surface area is 189 Å². The summed E-state index contributed by atoms with van der Waals surface area (Å²) in [4.78, 5) is 34.0. The summed E-state index contributed by atoms with van der Waals surface area (Å²) in [6.45, 7) is 0.661. The second-order valence-corrected chi connectivity index (χ2v) is 7.14. The van der Waals surface area contributed by atoms with E-state index in [1.54, 1.807) is 18.7 Å². The largest absolute Gasteiger partial charge is 0.473 e. The Balaban J connectivity index is 0.000000454. The monoisotopic (exact) mass is 449 g/mol. The minimum atomic E-state index is -1.82. The van der Waals surface area contributed by atoms with Crippen molar-refractivity contribution < 1.29 is 24.2 Å². The first-order chi connectivity index (χ1) is 15.9. The van der Waals surface area contributed by atoms with Gasteiger partial charge >= 0.3 is 11.9 Å². The first-order valence-corrected chi connectivity index (χ1v) is 9.94. The fourth-order valence-corrected chi connectivity index (χ4v) is 3.05. The number of fused-ring (bicyclic) bond motifs is 1. The molecule has 3 N–H and O–H groups in total. The van der Waals surface area contributed by atoms with Gasteiger partial charge in [0.15, 0.2) is 5.82 Å². The number of rotatable bonds is 6. The number of hydrogen-bond donors (Lipinski definition) is 3. The van der Waals surface area contributed by atoms with Gasteiger partial charge < -0.3 is 19.9 Å². The third-order valence-corrected chi connectivity index (χ3v) is 4.66. The molecule has 0 aliphatic rings. The van der Waals surface area contributed by atoms with Crippen molar-refractivity contribution in [1.82, 2.24) is 19.9 Å². The summed E-state index contributed by atoms with van der Waals surface area (Å²) in [5.41, 5.74) is 1.79. The zero-order chi connectivity index (χ0) is 23.8. The Kier molecular flexibility index (Phi) is 7.66. The first kappa shape index (κ1) is 23.4. The number of aromatic nitrogens is 3. The summed E-state index contributed by atoms with van der Waals surface area (Å²) < 4.78 is 5.60. The fourth-order valence-electron chi connectivity index (χ4n) is 3.05. The number of para-hydroxylation sites is 1. The molecule has 10 nitrogen and oxygen atoms in total. The van der Waals surface area contributed by atoms with Crippen molar-refractivity contribution in [2.75, 3.05) is 26.0 Å². The fraction of sp³-hybridized carbons (Fsp3) is 0.174. The van der Waals surface area contributed by atoms with Crippen molar-refractivity contribution >= 4 is 28.7 Å².